The summed E-state index contributed by atoms with van der Waals surface area (Å²) < 4.78 is 17.2. The summed E-state index contributed by atoms with van der Waals surface area (Å²) in [7, 11) is 0. The van der Waals surface area contributed by atoms with Gasteiger partial charge in [0.05, 0.1) is 0 Å². The fraction of sp³-hybridized carbons (Fsp3) is 0.467. The highest BCUT2D eigenvalue weighted by molar-refractivity contribution is 5.80. The van der Waals surface area contributed by atoms with E-state index in [9.17, 15) is 5.11 Å². The zero-order valence-electron chi connectivity index (χ0n) is 11.4. The van der Waals surface area contributed by atoms with E-state index in [1.165, 1.54) is 0 Å². The van der Waals surface area contributed by atoms with Gasteiger partial charge in [-0.2, -0.15) is 0 Å². The van der Waals surface area contributed by atoms with Crippen molar-refractivity contribution in [3.05, 3.63) is 36.0 Å². The molecule has 4 rings (SSSR count). The Hall–Kier alpha value is -1.40. The van der Waals surface area contributed by atoms with Crippen molar-refractivity contribution in [3.63, 3.8) is 0 Å². The van der Waals surface area contributed by atoms with Crippen LogP contribution in [-0.2, 0) is 14.2 Å². The van der Waals surface area contributed by atoms with Gasteiger partial charge in [-0.1, -0.05) is 18.2 Å². The molecule has 1 aromatic carbocycles. The predicted molar refractivity (Wildman–Crippen MR) is 72.0 cm³/mol. The second-order valence-electron chi connectivity index (χ2n) is 5.83. The van der Waals surface area contributed by atoms with Gasteiger partial charge >= 0.3 is 0 Å². The molecule has 2 N–H and O–H groups in total. The fourth-order valence-corrected chi connectivity index (χ4v) is 3.00. The number of aliphatic hydroxyl groups is 1. The predicted octanol–water partition coefficient (Wildman–Crippen LogP) is 2.08. The van der Waals surface area contributed by atoms with E-state index < -0.39 is 30.4 Å². The minimum atomic E-state index is -0.741. The van der Waals surface area contributed by atoms with E-state index in [0.29, 0.717) is 0 Å². The van der Waals surface area contributed by atoms with Crippen LogP contribution in [0.4, 0.5) is 0 Å². The first-order valence-electron chi connectivity index (χ1n) is 6.80. The van der Waals surface area contributed by atoms with Crippen LogP contribution < -0.4 is 0 Å². The number of aromatic nitrogens is 1. The van der Waals surface area contributed by atoms with Gasteiger partial charge in [0.25, 0.3) is 0 Å². The molecule has 2 aliphatic rings. The summed E-state index contributed by atoms with van der Waals surface area (Å²) in [6.45, 7) is 3.64. The van der Waals surface area contributed by atoms with E-state index in [4.69, 9.17) is 14.2 Å². The third-order valence-electron chi connectivity index (χ3n) is 3.87. The van der Waals surface area contributed by atoms with Crippen molar-refractivity contribution in [2.24, 2.45) is 0 Å². The Morgan fingerprint density at radius 1 is 1.20 bits per heavy atom. The van der Waals surface area contributed by atoms with Gasteiger partial charge in [-0.25, -0.2) is 0 Å². The van der Waals surface area contributed by atoms with Crippen molar-refractivity contribution in [2.75, 3.05) is 0 Å². The molecule has 2 aromatic rings. The van der Waals surface area contributed by atoms with E-state index in [1.807, 2.05) is 44.2 Å². The number of benzene rings is 1. The van der Waals surface area contributed by atoms with Crippen LogP contribution in [0, 0.1) is 0 Å². The Bertz CT molecular complexity index is 617. The molecule has 0 unspecified atom stereocenters. The number of fused-ring (bicyclic) bond motifs is 2. The molecule has 0 aliphatic carbocycles. The van der Waals surface area contributed by atoms with Crippen molar-refractivity contribution >= 4 is 10.9 Å². The van der Waals surface area contributed by atoms with E-state index >= 15 is 0 Å². The Morgan fingerprint density at radius 2 is 2.00 bits per heavy atom. The van der Waals surface area contributed by atoms with Crippen molar-refractivity contribution in [2.45, 2.75) is 44.2 Å². The van der Waals surface area contributed by atoms with E-state index in [-0.39, 0.29) is 0 Å². The highest BCUT2D eigenvalue weighted by Gasteiger charge is 2.54. The maximum absolute atomic E-state index is 10.4. The molecule has 5 heteroatoms. The first-order chi connectivity index (χ1) is 9.53. The topological polar surface area (TPSA) is 63.7 Å². The number of nitrogens with one attached hydrogen (secondary N) is 1. The third-order valence-corrected chi connectivity index (χ3v) is 3.87. The smallest absolute Gasteiger partial charge is 0.190 e. The zero-order chi connectivity index (χ0) is 13.9. The lowest BCUT2D eigenvalue weighted by atomic mass is 10.1. The average molecular weight is 275 g/mol. The second kappa shape index (κ2) is 4.05. The molecule has 0 bridgehead atoms. The standard InChI is InChI=1S/C15H17NO4/c1-15(2)19-13-11(17)12(18-14(13)20-15)10-7-8-5-3-4-6-9(8)16-10/h3-7,11-14,16-17H,1-2H3/t11-,12+,13+,14+/m0/s1. The Morgan fingerprint density at radius 3 is 2.75 bits per heavy atom. The van der Waals surface area contributed by atoms with Crippen LogP contribution in [0.2, 0.25) is 0 Å². The minimum Gasteiger partial charge on any atom is -0.387 e. The molecule has 0 amide bonds. The van der Waals surface area contributed by atoms with Crippen LogP contribution in [0.15, 0.2) is 30.3 Å². The molecule has 0 spiro atoms. The summed E-state index contributed by atoms with van der Waals surface area (Å²) in [5, 5.41) is 11.5. The van der Waals surface area contributed by atoms with Crippen molar-refractivity contribution in [1.82, 2.24) is 4.98 Å². The molecule has 3 heterocycles. The number of ether oxygens (including phenoxy) is 3. The van der Waals surface area contributed by atoms with Crippen molar-refractivity contribution < 1.29 is 19.3 Å². The maximum Gasteiger partial charge on any atom is 0.190 e. The van der Waals surface area contributed by atoms with Crippen molar-refractivity contribution in [3.8, 4) is 0 Å². The lowest BCUT2D eigenvalue weighted by Crippen LogP contribution is -2.31. The molecule has 20 heavy (non-hydrogen) atoms. The third kappa shape index (κ3) is 1.78. The maximum atomic E-state index is 10.4. The van der Waals surface area contributed by atoms with Gasteiger partial charge in [-0.05, 0) is 31.4 Å². The molecule has 0 radical (unpaired) electrons. The number of rotatable bonds is 1. The van der Waals surface area contributed by atoms with Crippen LogP contribution in [-0.4, -0.2) is 34.4 Å². The van der Waals surface area contributed by atoms with Gasteiger partial charge in [-0.15, -0.1) is 0 Å². The van der Waals surface area contributed by atoms with Gasteiger partial charge < -0.3 is 24.3 Å². The summed E-state index contributed by atoms with van der Waals surface area (Å²) >= 11 is 0. The number of para-hydroxylation sites is 1. The van der Waals surface area contributed by atoms with Crippen LogP contribution in [0.25, 0.3) is 10.9 Å². The van der Waals surface area contributed by atoms with E-state index in [2.05, 4.69) is 4.98 Å². The summed E-state index contributed by atoms with van der Waals surface area (Å²) in [6, 6.07) is 9.97. The van der Waals surface area contributed by atoms with Crippen LogP contribution >= 0.6 is 0 Å². The van der Waals surface area contributed by atoms with Gasteiger partial charge in [-0.3, -0.25) is 0 Å². The molecule has 2 aliphatic heterocycles. The minimum absolute atomic E-state index is 0.443. The SMILES string of the molecule is CC1(C)O[C@H]2O[C@H](c3cc4ccccc4[nH]3)[C@H](O)[C@H]2O1. The van der Waals surface area contributed by atoms with Crippen LogP contribution in [0.1, 0.15) is 25.6 Å². The second-order valence-corrected chi connectivity index (χ2v) is 5.83. The first-order valence-corrected chi connectivity index (χ1v) is 6.80. The van der Waals surface area contributed by atoms with Gasteiger partial charge in [0.1, 0.15) is 18.3 Å². The summed E-state index contributed by atoms with van der Waals surface area (Å²) in [6.07, 6.45) is -2.15. The summed E-state index contributed by atoms with van der Waals surface area (Å²) in [5.74, 6) is -0.707. The highest BCUT2D eigenvalue weighted by Crippen LogP contribution is 2.43. The number of hydrogen-bond donors (Lipinski definition) is 2. The molecule has 4 atom stereocenters. The Kier molecular flexibility index (Phi) is 2.50. The summed E-state index contributed by atoms with van der Waals surface area (Å²) in [4.78, 5) is 3.28. The molecule has 2 saturated heterocycles. The molecule has 106 valence electrons. The fourth-order valence-electron chi connectivity index (χ4n) is 3.00. The summed E-state index contributed by atoms with van der Waals surface area (Å²) in [5.41, 5.74) is 1.87. The number of aromatic amines is 1. The van der Waals surface area contributed by atoms with Gasteiger partial charge in [0.15, 0.2) is 12.1 Å². The zero-order valence-corrected chi connectivity index (χ0v) is 11.4. The van der Waals surface area contributed by atoms with Gasteiger partial charge in [0, 0.05) is 11.2 Å². The largest absolute Gasteiger partial charge is 0.387 e. The monoisotopic (exact) mass is 275 g/mol. The molecular formula is C15H17NO4. The lowest BCUT2D eigenvalue weighted by molar-refractivity contribution is -0.216. The van der Waals surface area contributed by atoms with Crippen LogP contribution in [0.3, 0.4) is 0 Å². The van der Waals surface area contributed by atoms with Crippen LogP contribution in [0.5, 0.6) is 0 Å². The van der Waals surface area contributed by atoms with E-state index in [0.717, 1.165) is 16.6 Å². The normalized spacial score (nSPS) is 35.5. The molecule has 1 aromatic heterocycles. The first kappa shape index (κ1) is 12.3. The lowest BCUT2D eigenvalue weighted by Gasteiger charge is -2.22. The van der Waals surface area contributed by atoms with Gasteiger partial charge in [0.2, 0.25) is 0 Å². The number of hydrogen-bond acceptors (Lipinski definition) is 4. The average Bonchev–Trinajstić information content (AvgIpc) is 3.02. The number of H-pyrrole nitrogens is 1. The molecule has 0 saturated carbocycles. The van der Waals surface area contributed by atoms with E-state index in [1.54, 1.807) is 0 Å². The Balaban J connectivity index is 1.64. The number of aliphatic hydroxyl groups excluding tert-OH is 1. The molecule has 2 fully saturated rings. The van der Waals surface area contributed by atoms with Crippen molar-refractivity contribution in [1.29, 1.82) is 0 Å². The Labute approximate surface area is 116 Å². The quantitative estimate of drug-likeness (QED) is 0.836. The molecule has 5 nitrogen and oxygen atoms in total. The molecular weight excluding hydrogens is 258 g/mol. The highest BCUT2D eigenvalue weighted by atomic mass is 16.8.